The number of nitrogens with zero attached hydrogens (tertiary/aromatic N) is 2. The van der Waals surface area contributed by atoms with Gasteiger partial charge in [-0.1, -0.05) is 12.1 Å². The Balaban J connectivity index is 1.84. The largest absolute Gasteiger partial charge is 0.406 e. The van der Waals surface area contributed by atoms with Crippen LogP contribution in [-0.2, 0) is 14.8 Å². The SMILES string of the molecule is C[C@@H](C1CC1)N(CC(F)(F)F)C(=O)CN1C(=O)c2ccccc2S1(=O)=O. The monoisotopic (exact) mass is 390 g/mol. The highest BCUT2D eigenvalue weighted by Crippen LogP contribution is 2.37. The van der Waals surface area contributed by atoms with Crippen LogP contribution in [0.5, 0.6) is 0 Å². The number of halogens is 3. The van der Waals surface area contributed by atoms with Crippen molar-refractivity contribution in [2.75, 3.05) is 13.1 Å². The Bertz CT molecular complexity index is 849. The van der Waals surface area contributed by atoms with E-state index in [0.29, 0.717) is 9.21 Å². The molecule has 2 amide bonds. The van der Waals surface area contributed by atoms with E-state index in [1.807, 2.05) is 0 Å². The van der Waals surface area contributed by atoms with Crippen LogP contribution < -0.4 is 0 Å². The van der Waals surface area contributed by atoms with E-state index in [0.717, 1.165) is 12.8 Å². The second-order valence-corrected chi connectivity index (χ2v) is 8.36. The minimum absolute atomic E-state index is 0.0376. The fourth-order valence-corrected chi connectivity index (χ4v) is 4.60. The Morgan fingerprint density at radius 2 is 1.92 bits per heavy atom. The lowest BCUT2D eigenvalue weighted by Gasteiger charge is -2.31. The summed E-state index contributed by atoms with van der Waals surface area (Å²) in [6.07, 6.45) is -3.18. The maximum Gasteiger partial charge on any atom is 0.406 e. The van der Waals surface area contributed by atoms with Crippen LogP contribution in [0.1, 0.15) is 30.1 Å². The summed E-state index contributed by atoms with van der Waals surface area (Å²) in [5.74, 6) is -1.98. The van der Waals surface area contributed by atoms with Crippen LogP contribution in [0.25, 0.3) is 0 Å². The Morgan fingerprint density at radius 3 is 2.46 bits per heavy atom. The first-order valence-electron chi connectivity index (χ1n) is 8.04. The fraction of sp³-hybridized carbons (Fsp3) is 0.500. The van der Waals surface area contributed by atoms with Gasteiger partial charge < -0.3 is 4.90 Å². The second kappa shape index (κ2) is 6.26. The summed E-state index contributed by atoms with van der Waals surface area (Å²) in [6, 6.07) is 4.77. The molecule has 0 unspecified atom stereocenters. The number of rotatable bonds is 5. The Labute approximate surface area is 148 Å². The van der Waals surface area contributed by atoms with E-state index in [1.54, 1.807) is 0 Å². The maximum atomic E-state index is 12.9. The second-order valence-electron chi connectivity index (χ2n) is 6.53. The number of carbonyl (C=O) groups is 2. The van der Waals surface area contributed by atoms with Crippen LogP contribution in [0.15, 0.2) is 29.2 Å². The van der Waals surface area contributed by atoms with Gasteiger partial charge >= 0.3 is 6.18 Å². The summed E-state index contributed by atoms with van der Waals surface area (Å²) in [7, 11) is -4.24. The first-order chi connectivity index (χ1) is 12.0. The van der Waals surface area contributed by atoms with Crippen LogP contribution in [0.3, 0.4) is 0 Å². The van der Waals surface area contributed by atoms with Crippen LogP contribution >= 0.6 is 0 Å². The maximum absolute atomic E-state index is 12.9. The molecule has 2 aliphatic rings. The van der Waals surface area contributed by atoms with Crippen molar-refractivity contribution in [3.8, 4) is 0 Å². The Hall–Kier alpha value is -2.10. The third-order valence-electron chi connectivity index (χ3n) is 4.66. The van der Waals surface area contributed by atoms with Gasteiger partial charge in [0.05, 0.1) is 5.56 Å². The first kappa shape index (κ1) is 18.7. The number of carbonyl (C=O) groups excluding carboxylic acids is 2. The number of hydrogen-bond acceptors (Lipinski definition) is 4. The fourth-order valence-electron chi connectivity index (χ4n) is 3.09. The highest BCUT2D eigenvalue weighted by Gasteiger charge is 2.45. The van der Waals surface area contributed by atoms with E-state index < -0.39 is 47.1 Å². The molecule has 1 atom stereocenters. The van der Waals surface area contributed by atoms with Crippen LogP contribution in [0.4, 0.5) is 13.2 Å². The minimum Gasteiger partial charge on any atom is -0.329 e. The van der Waals surface area contributed by atoms with Crippen molar-refractivity contribution < 1.29 is 31.2 Å². The third-order valence-corrected chi connectivity index (χ3v) is 6.44. The lowest BCUT2D eigenvalue weighted by atomic mass is 10.1. The van der Waals surface area contributed by atoms with Crippen molar-refractivity contribution in [1.29, 1.82) is 0 Å². The summed E-state index contributed by atoms with van der Waals surface area (Å²) < 4.78 is 63.9. The lowest BCUT2D eigenvalue weighted by Crippen LogP contribution is -2.50. The summed E-state index contributed by atoms with van der Waals surface area (Å²) in [4.78, 5) is 25.2. The van der Waals surface area contributed by atoms with Crippen molar-refractivity contribution in [2.24, 2.45) is 5.92 Å². The van der Waals surface area contributed by atoms with Gasteiger partial charge in [-0.2, -0.15) is 13.2 Å². The van der Waals surface area contributed by atoms with Gasteiger partial charge in [-0.3, -0.25) is 9.59 Å². The van der Waals surface area contributed by atoms with E-state index in [2.05, 4.69) is 0 Å². The molecule has 0 bridgehead atoms. The molecule has 1 saturated carbocycles. The molecule has 0 radical (unpaired) electrons. The number of amides is 2. The van der Waals surface area contributed by atoms with Gasteiger partial charge in [-0.15, -0.1) is 0 Å². The smallest absolute Gasteiger partial charge is 0.329 e. The van der Waals surface area contributed by atoms with Gasteiger partial charge in [0.2, 0.25) is 5.91 Å². The molecule has 0 N–H and O–H groups in total. The zero-order valence-corrected chi connectivity index (χ0v) is 14.7. The number of hydrogen-bond donors (Lipinski definition) is 0. The minimum atomic E-state index is -4.62. The zero-order chi connectivity index (χ0) is 19.3. The van der Waals surface area contributed by atoms with Gasteiger partial charge in [0.25, 0.3) is 15.9 Å². The van der Waals surface area contributed by atoms with Crippen LogP contribution in [0, 0.1) is 5.92 Å². The van der Waals surface area contributed by atoms with Crippen LogP contribution in [0.2, 0.25) is 0 Å². The molecule has 0 saturated heterocycles. The van der Waals surface area contributed by atoms with E-state index in [1.165, 1.54) is 31.2 Å². The molecule has 1 aromatic rings. The van der Waals surface area contributed by atoms with Crippen molar-refractivity contribution in [3.63, 3.8) is 0 Å². The molecule has 1 aromatic carbocycles. The predicted molar refractivity (Wildman–Crippen MR) is 84.6 cm³/mol. The molecule has 10 heteroatoms. The quantitative estimate of drug-likeness (QED) is 0.771. The molecule has 0 spiro atoms. The molecule has 1 aliphatic heterocycles. The molecule has 0 aromatic heterocycles. The molecule has 26 heavy (non-hydrogen) atoms. The standard InChI is InChI=1S/C16H17F3N2O4S/c1-10(11-6-7-11)20(9-16(17,18)19)14(22)8-21-15(23)12-4-2-3-5-13(12)26(21,24)25/h2-5,10-11H,6-9H2,1H3/t10-/m0/s1. The highest BCUT2D eigenvalue weighted by atomic mass is 32.2. The first-order valence-corrected chi connectivity index (χ1v) is 9.48. The predicted octanol–water partition coefficient (Wildman–Crippen LogP) is 2.02. The molecule has 142 valence electrons. The molecule has 1 aliphatic carbocycles. The molecular weight excluding hydrogens is 373 g/mol. The summed E-state index contributed by atoms with van der Waals surface area (Å²) in [6.45, 7) is -0.905. The van der Waals surface area contributed by atoms with E-state index in [-0.39, 0.29) is 16.4 Å². The third kappa shape index (κ3) is 3.42. The van der Waals surface area contributed by atoms with Crippen LogP contribution in [-0.4, -0.2) is 54.7 Å². The average molecular weight is 390 g/mol. The van der Waals surface area contributed by atoms with Gasteiger partial charge in [0.15, 0.2) is 0 Å². The summed E-state index contributed by atoms with van der Waals surface area (Å²) >= 11 is 0. The molecular formula is C16H17F3N2O4S. The zero-order valence-electron chi connectivity index (χ0n) is 13.9. The van der Waals surface area contributed by atoms with Gasteiger partial charge in [-0.05, 0) is 37.8 Å². The molecule has 1 heterocycles. The van der Waals surface area contributed by atoms with E-state index >= 15 is 0 Å². The van der Waals surface area contributed by atoms with Crippen molar-refractivity contribution in [3.05, 3.63) is 29.8 Å². The van der Waals surface area contributed by atoms with Crippen molar-refractivity contribution in [1.82, 2.24) is 9.21 Å². The Morgan fingerprint density at radius 1 is 1.31 bits per heavy atom. The van der Waals surface area contributed by atoms with Crippen molar-refractivity contribution in [2.45, 2.75) is 36.9 Å². The molecule has 6 nitrogen and oxygen atoms in total. The number of benzene rings is 1. The molecule has 3 rings (SSSR count). The van der Waals surface area contributed by atoms with E-state index in [4.69, 9.17) is 0 Å². The number of sulfonamides is 1. The summed E-state index contributed by atoms with van der Waals surface area (Å²) in [5, 5.41) is 0. The lowest BCUT2D eigenvalue weighted by molar-refractivity contribution is -0.165. The summed E-state index contributed by atoms with van der Waals surface area (Å²) in [5.41, 5.74) is -0.0853. The average Bonchev–Trinajstić information content (AvgIpc) is 3.37. The highest BCUT2D eigenvalue weighted by molar-refractivity contribution is 7.90. The number of alkyl halides is 3. The number of fused-ring (bicyclic) bond motifs is 1. The van der Waals surface area contributed by atoms with Gasteiger partial charge in [0.1, 0.15) is 18.0 Å². The normalized spacial score (nSPS) is 20.0. The van der Waals surface area contributed by atoms with Crippen molar-refractivity contribution >= 4 is 21.8 Å². The van der Waals surface area contributed by atoms with E-state index in [9.17, 15) is 31.2 Å². The van der Waals surface area contributed by atoms with Gasteiger partial charge in [-0.25, -0.2) is 12.7 Å². The van der Waals surface area contributed by atoms with Gasteiger partial charge in [0, 0.05) is 6.04 Å². The molecule has 1 fully saturated rings. The topological polar surface area (TPSA) is 74.8 Å². The Kier molecular flexibility index (Phi) is 4.50.